The Hall–Kier alpha value is -1.13. The van der Waals surface area contributed by atoms with E-state index in [2.05, 4.69) is 25.9 Å². The summed E-state index contributed by atoms with van der Waals surface area (Å²) in [7, 11) is 0. The maximum atomic E-state index is 6.03. The van der Waals surface area contributed by atoms with Crippen molar-refractivity contribution >= 4 is 27.5 Å². The molecule has 0 aliphatic rings. The Morgan fingerprint density at radius 1 is 1.20 bits per heavy atom. The predicted molar refractivity (Wildman–Crippen MR) is 84.2 cm³/mol. The lowest BCUT2D eigenvalue weighted by Crippen LogP contribution is -2.16. The number of halogens is 2. The third-order valence-corrected chi connectivity index (χ3v) is 3.64. The van der Waals surface area contributed by atoms with E-state index in [9.17, 15) is 0 Å². The van der Waals surface area contributed by atoms with Crippen molar-refractivity contribution in [2.24, 2.45) is 0 Å². The van der Waals surface area contributed by atoms with Gasteiger partial charge in [-0.2, -0.15) is 4.98 Å². The maximum absolute atomic E-state index is 6.03. The van der Waals surface area contributed by atoms with Crippen LogP contribution in [0.3, 0.4) is 0 Å². The molecule has 0 aliphatic heterocycles. The fourth-order valence-electron chi connectivity index (χ4n) is 1.57. The molecule has 1 heterocycles. The lowest BCUT2D eigenvalue weighted by atomic mass is 9.96. The number of rotatable bonds is 3. The Bertz CT molecular complexity index is 611. The first-order valence-electron chi connectivity index (χ1n) is 6.27. The van der Waals surface area contributed by atoms with Crippen LogP contribution in [0.1, 0.15) is 32.2 Å². The summed E-state index contributed by atoms with van der Waals surface area (Å²) in [4.78, 5) is 8.66. The summed E-state index contributed by atoms with van der Waals surface area (Å²) in [6.45, 7) is 6.54. The number of hydrogen-bond acceptors (Lipinski definition) is 3. The molecular weight excluding hydrogens is 340 g/mol. The van der Waals surface area contributed by atoms with Crippen molar-refractivity contribution in [3.05, 3.63) is 51.3 Å². The number of aromatic nitrogens is 2. The minimum absolute atomic E-state index is 0.170. The van der Waals surface area contributed by atoms with E-state index < -0.39 is 0 Å². The van der Waals surface area contributed by atoms with Crippen molar-refractivity contribution in [2.75, 3.05) is 0 Å². The van der Waals surface area contributed by atoms with Gasteiger partial charge in [0.05, 0.1) is 0 Å². The molecule has 0 N–H and O–H groups in total. The average molecular weight is 356 g/mol. The summed E-state index contributed by atoms with van der Waals surface area (Å²) < 4.78 is 6.73. The highest BCUT2D eigenvalue weighted by molar-refractivity contribution is 9.10. The molecule has 106 valence electrons. The van der Waals surface area contributed by atoms with Crippen molar-refractivity contribution in [2.45, 2.75) is 32.8 Å². The third kappa shape index (κ3) is 3.93. The first-order valence-corrected chi connectivity index (χ1v) is 7.44. The smallest absolute Gasteiger partial charge is 0.218 e. The molecule has 1 aromatic carbocycles. The summed E-state index contributed by atoms with van der Waals surface area (Å²) in [5.41, 5.74) is 0.885. The van der Waals surface area contributed by atoms with Crippen LogP contribution in [0.2, 0.25) is 5.15 Å². The molecule has 0 unspecified atom stereocenters. The van der Waals surface area contributed by atoms with Gasteiger partial charge in [0.15, 0.2) is 0 Å². The van der Waals surface area contributed by atoms with Gasteiger partial charge in [0, 0.05) is 21.5 Å². The summed E-state index contributed by atoms with van der Waals surface area (Å²) in [6.07, 6.45) is 0. The molecule has 3 nitrogen and oxygen atoms in total. The largest absolute Gasteiger partial charge is 0.473 e. The number of nitrogens with zero attached hydrogens (tertiary/aromatic N) is 2. The second kappa shape index (κ2) is 6.10. The van der Waals surface area contributed by atoms with Crippen LogP contribution in [0, 0.1) is 0 Å². The molecule has 0 saturated carbocycles. The van der Waals surface area contributed by atoms with Gasteiger partial charge in [-0.15, -0.1) is 0 Å². The Morgan fingerprint density at radius 3 is 2.55 bits per heavy atom. The Labute approximate surface area is 132 Å². The minimum Gasteiger partial charge on any atom is -0.473 e. The van der Waals surface area contributed by atoms with E-state index in [1.807, 2.05) is 45.0 Å². The Morgan fingerprint density at radius 2 is 1.90 bits per heavy atom. The van der Waals surface area contributed by atoms with Crippen LogP contribution >= 0.6 is 27.5 Å². The molecule has 5 heteroatoms. The molecule has 0 aliphatic carbocycles. The van der Waals surface area contributed by atoms with Crippen molar-refractivity contribution < 1.29 is 4.74 Å². The van der Waals surface area contributed by atoms with E-state index in [1.165, 1.54) is 0 Å². The lowest BCUT2D eigenvalue weighted by molar-refractivity contribution is 0.289. The predicted octanol–water partition coefficient (Wildman–Crippen LogP) is 4.77. The number of benzene rings is 1. The SMILES string of the molecule is CC(C)(C)c1nc(Cl)cc(OCc2ccccc2Br)n1. The maximum Gasteiger partial charge on any atom is 0.218 e. The van der Waals surface area contributed by atoms with Gasteiger partial charge < -0.3 is 4.74 Å². The van der Waals surface area contributed by atoms with Gasteiger partial charge in [0.25, 0.3) is 0 Å². The van der Waals surface area contributed by atoms with Gasteiger partial charge in [0.1, 0.15) is 17.6 Å². The highest BCUT2D eigenvalue weighted by Crippen LogP contribution is 2.24. The van der Waals surface area contributed by atoms with Gasteiger partial charge in [-0.25, -0.2) is 4.98 Å². The van der Waals surface area contributed by atoms with Gasteiger partial charge in [0.2, 0.25) is 5.88 Å². The molecule has 20 heavy (non-hydrogen) atoms. The fraction of sp³-hybridized carbons (Fsp3) is 0.333. The van der Waals surface area contributed by atoms with E-state index >= 15 is 0 Å². The monoisotopic (exact) mass is 354 g/mol. The minimum atomic E-state index is -0.170. The second-order valence-corrected chi connectivity index (χ2v) is 6.72. The zero-order valence-electron chi connectivity index (χ0n) is 11.7. The van der Waals surface area contributed by atoms with E-state index in [1.54, 1.807) is 6.07 Å². The van der Waals surface area contributed by atoms with Crippen LogP contribution in [0.25, 0.3) is 0 Å². The summed E-state index contributed by atoms with van der Waals surface area (Å²) in [5, 5.41) is 0.395. The van der Waals surface area contributed by atoms with Crippen LogP contribution < -0.4 is 4.74 Å². The van der Waals surface area contributed by atoms with Crippen LogP contribution in [-0.4, -0.2) is 9.97 Å². The highest BCUT2D eigenvalue weighted by Gasteiger charge is 2.19. The normalized spacial score (nSPS) is 11.4. The van der Waals surface area contributed by atoms with Crippen molar-refractivity contribution in [3.63, 3.8) is 0 Å². The number of ether oxygens (including phenoxy) is 1. The van der Waals surface area contributed by atoms with Gasteiger partial charge in [-0.05, 0) is 6.07 Å². The molecule has 0 fully saturated rings. The molecular formula is C15H16BrClN2O. The molecule has 0 radical (unpaired) electrons. The molecule has 0 bridgehead atoms. The fourth-order valence-corrected chi connectivity index (χ4v) is 2.15. The van der Waals surface area contributed by atoms with Gasteiger partial charge in [-0.1, -0.05) is 66.5 Å². The van der Waals surface area contributed by atoms with E-state index in [-0.39, 0.29) is 5.41 Å². The van der Waals surface area contributed by atoms with E-state index in [4.69, 9.17) is 16.3 Å². The van der Waals surface area contributed by atoms with Crippen LogP contribution in [0.5, 0.6) is 5.88 Å². The van der Waals surface area contributed by atoms with Crippen molar-refractivity contribution in [1.82, 2.24) is 9.97 Å². The zero-order valence-corrected chi connectivity index (χ0v) is 14.0. The molecule has 1 aromatic heterocycles. The van der Waals surface area contributed by atoms with Crippen LogP contribution in [0.4, 0.5) is 0 Å². The first kappa shape index (κ1) is 15.3. The van der Waals surface area contributed by atoms with E-state index in [0.717, 1.165) is 10.0 Å². The topological polar surface area (TPSA) is 35.0 Å². The quantitative estimate of drug-likeness (QED) is 0.744. The molecule has 0 atom stereocenters. The first-order chi connectivity index (χ1) is 9.36. The molecule has 0 amide bonds. The van der Waals surface area contributed by atoms with E-state index in [0.29, 0.717) is 23.5 Å². The average Bonchev–Trinajstić information content (AvgIpc) is 2.36. The van der Waals surface area contributed by atoms with Crippen molar-refractivity contribution in [1.29, 1.82) is 0 Å². The molecule has 0 spiro atoms. The molecule has 2 rings (SSSR count). The summed E-state index contributed by atoms with van der Waals surface area (Å²) in [5.74, 6) is 1.16. The summed E-state index contributed by atoms with van der Waals surface area (Å²) >= 11 is 9.52. The molecule has 0 saturated heterocycles. The zero-order chi connectivity index (χ0) is 14.8. The standard InChI is InChI=1S/C15H16BrClN2O/c1-15(2,3)14-18-12(17)8-13(19-14)20-9-10-6-4-5-7-11(10)16/h4-8H,9H2,1-3H3. The number of hydrogen-bond donors (Lipinski definition) is 0. The van der Waals surface area contributed by atoms with Crippen molar-refractivity contribution in [3.8, 4) is 5.88 Å². The summed E-state index contributed by atoms with van der Waals surface area (Å²) in [6, 6.07) is 9.54. The highest BCUT2D eigenvalue weighted by atomic mass is 79.9. The molecule has 2 aromatic rings. The van der Waals surface area contributed by atoms with Crippen LogP contribution in [0.15, 0.2) is 34.8 Å². The Kier molecular flexibility index (Phi) is 4.66. The van der Waals surface area contributed by atoms with Crippen LogP contribution in [-0.2, 0) is 12.0 Å². The van der Waals surface area contributed by atoms with Gasteiger partial charge >= 0.3 is 0 Å². The third-order valence-electron chi connectivity index (χ3n) is 2.68. The van der Waals surface area contributed by atoms with Gasteiger partial charge in [-0.3, -0.25) is 0 Å². The second-order valence-electron chi connectivity index (χ2n) is 5.48. The Balaban J connectivity index is 2.18. The lowest BCUT2D eigenvalue weighted by Gasteiger charge is -2.17.